The molecule has 1 fully saturated rings. The maximum Gasteiger partial charge on any atom is 0.498 e. The molecule has 4 aromatic carbocycles. The van der Waals surface area contributed by atoms with Crippen molar-refractivity contribution < 1.29 is 9.31 Å². The Kier molecular flexibility index (Phi) is 13.4. The van der Waals surface area contributed by atoms with Crippen LogP contribution in [0.1, 0.15) is 75.1 Å². The molecule has 14 nitrogen and oxygen atoms in total. The molecule has 3 aliphatic rings. The van der Waals surface area contributed by atoms with E-state index in [2.05, 4.69) is 93.8 Å². The first-order valence-corrected chi connectivity index (χ1v) is 24.2. The molecular formula is C50H54BBrCl2N12O2. The third-order valence-electron chi connectivity index (χ3n) is 13.1. The molecule has 350 valence electrons. The van der Waals surface area contributed by atoms with Crippen LogP contribution in [0.5, 0.6) is 0 Å². The van der Waals surface area contributed by atoms with Crippen molar-refractivity contribution in [1.82, 2.24) is 49.5 Å². The molecule has 0 amide bonds. The monoisotopic (exact) mass is 1010 g/mol. The first-order chi connectivity index (χ1) is 32.5. The summed E-state index contributed by atoms with van der Waals surface area (Å²) in [6.07, 6.45) is 9.41. The molecule has 11 rings (SSSR count). The van der Waals surface area contributed by atoms with Crippen molar-refractivity contribution in [2.75, 3.05) is 10.6 Å². The van der Waals surface area contributed by atoms with Gasteiger partial charge in [-0.15, -0.1) is 10.2 Å². The Morgan fingerprint density at radius 2 is 1.15 bits per heavy atom. The zero-order valence-electron chi connectivity index (χ0n) is 39.4. The van der Waals surface area contributed by atoms with Gasteiger partial charge in [0, 0.05) is 72.4 Å². The topological polar surface area (TPSA) is 140 Å². The van der Waals surface area contributed by atoms with Crippen LogP contribution < -0.4 is 16.1 Å². The highest BCUT2D eigenvalue weighted by Crippen LogP contribution is 2.42. The summed E-state index contributed by atoms with van der Waals surface area (Å²) in [5, 5.41) is 34.4. The molecule has 0 aliphatic carbocycles. The Balaban J connectivity index is 0.000000134. The molecule has 8 aromatic rings. The molecule has 0 bridgehead atoms. The van der Waals surface area contributed by atoms with Crippen molar-refractivity contribution in [2.24, 2.45) is 14.1 Å². The second-order valence-electron chi connectivity index (χ2n) is 18.4. The lowest BCUT2D eigenvalue weighted by molar-refractivity contribution is 0.00578. The lowest BCUT2D eigenvalue weighted by Crippen LogP contribution is -2.41. The van der Waals surface area contributed by atoms with Crippen LogP contribution in [0.15, 0.2) is 114 Å². The first-order valence-electron chi connectivity index (χ1n) is 22.6. The number of halogens is 3. The van der Waals surface area contributed by atoms with Gasteiger partial charge in [0.15, 0.2) is 0 Å². The highest BCUT2D eigenvalue weighted by Gasteiger charge is 2.52. The van der Waals surface area contributed by atoms with Gasteiger partial charge in [-0.2, -0.15) is 10.2 Å². The Morgan fingerprint density at radius 3 is 1.65 bits per heavy atom. The van der Waals surface area contributed by atoms with Crippen molar-refractivity contribution in [3.8, 4) is 33.6 Å². The van der Waals surface area contributed by atoms with Crippen molar-refractivity contribution in [2.45, 2.75) is 90.8 Å². The summed E-state index contributed by atoms with van der Waals surface area (Å²) in [7, 11) is 3.51. The highest BCUT2D eigenvalue weighted by molar-refractivity contribution is 9.10. The van der Waals surface area contributed by atoms with Gasteiger partial charge in [-0.25, -0.2) is 9.36 Å². The molecule has 2 unspecified atom stereocenters. The van der Waals surface area contributed by atoms with Crippen LogP contribution in [0.25, 0.3) is 33.6 Å². The fourth-order valence-corrected chi connectivity index (χ4v) is 9.58. The summed E-state index contributed by atoms with van der Waals surface area (Å²) in [4.78, 5) is 0. The predicted molar refractivity (Wildman–Crippen MR) is 274 cm³/mol. The van der Waals surface area contributed by atoms with E-state index >= 15 is 0 Å². The average molecular weight is 1020 g/mol. The van der Waals surface area contributed by atoms with Gasteiger partial charge in [-0.05, 0) is 114 Å². The number of aromatic nitrogens is 10. The molecule has 4 aromatic heterocycles. The van der Waals surface area contributed by atoms with E-state index in [0.29, 0.717) is 0 Å². The predicted octanol–water partition coefficient (Wildman–Crippen LogP) is 10.8. The number of hydrogen-bond donors (Lipinski definition) is 2. The molecule has 2 N–H and O–H groups in total. The summed E-state index contributed by atoms with van der Waals surface area (Å²) in [6.45, 7) is 13.8. The second-order valence-corrected chi connectivity index (χ2v) is 20.1. The number of nitrogens with one attached hydrogen (secondary N) is 2. The standard InChI is InChI=1S/C22H21ClN6.C18H16BrClN4.C10H17BN2O2/c1-14-22-17-8-7-15(16-12-24-28(2)13-16)11-18(17)20(9-10-29(22)27-26-14)25-21-6-4-3-5-19(21)23;1-11-18-13-7-6-12(19)10-14(13)16(8-9-24(18)23-22-11)21-17-5-3-2-4-15(17)20;1-9(2)10(3,4)15-11(14-9)8-6-12-13(5)7-8/h3-8,11-13,20,25H,9-10H2,1-2H3;2-7,10,16,21H,8-9H2,1H3;6-7H,1-5H3. The SMILES string of the molecule is Cc1nnn2c1-c1ccc(-c3cnn(C)c3)cc1C(Nc1ccccc1Cl)CC2.Cc1nnn2c1-c1ccc(Br)cc1C(Nc1ccccc1Cl)CC2.Cn1cc(B2OC(C)(C)C(C)(C)O2)cn1. The smallest absolute Gasteiger partial charge is 0.399 e. The molecule has 7 heterocycles. The van der Waals surface area contributed by atoms with E-state index in [4.69, 9.17) is 32.5 Å². The van der Waals surface area contributed by atoms with Gasteiger partial charge in [0.05, 0.1) is 73.7 Å². The van der Waals surface area contributed by atoms with Crippen molar-refractivity contribution >= 4 is 63.1 Å². The quantitative estimate of drug-likeness (QED) is 0.155. The highest BCUT2D eigenvalue weighted by atomic mass is 79.9. The largest absolute Gasteiger partial charge is 0.498 e. The maximum absolute atomic E-state index is 6.43. The molecule has 1 saturated heterocycles. The van der Waals surface area contributed by atoms with Gasteiger partial charge in [0.2, 0.25) is 0 Å². The normalized spacial score (nSPS) is 17.5. The van der Waals surface area contributed by atoms with Gasteiger partial charge < -0.3 is 19.9 Å². The first kappa shape index (κ1) is 47.3. The summed E-state index contributed by atoms with van der Waals surface area (Å²) in [6, 6.07) is 28.9. The van der Waals surface area contributed by atoms with E-state index < -0.39 is 0 Å². The number of fused-ring (bicyclic) bond motifs is 6. The van der Waals surface area contributed by atoms with Crippen LogP contribution in [-0.4, -0.2) is 67.9 Å². The number of benzene rings is 4. The van der Waals surface area contributed by atoms with Gasteiger partial charge in [0.1, 0.15) is 0 Å². The fourth-order valence-electron chi connectivity index (χ4n) is 8.82. The summed E-state index contributed by atoms with van der Waals surface area (Å²) >= 11 is 16.4. The Bertz CT molecular complexity index is 3070. The number of para-hydroxylation sites is 2. The molecule has 2 atom stereocenters. The maximum atomic E-state index is 6.43. The number of aryl methyl sites for hydroxylation is 6. The van der Waals surface area contributed by atoms with Crippen molar-refractivity contribution in [3.63, 3.8) is 0 Å². The summed E-state index contributed by atoms with van der Waals surface area (Å²) in [5.74, 6) is 0. The Hall–Kier alpha value is -5.78. The third-order valence-corrected chi connectivity index (χ3v) is 14.2. The van der Waals surface area contributed by atoms with Gasteiger partial charge in [-0.3, -0.25) is 9.36 Å². The van der Waals surface area contributed by atoms with Gasteiger partial charge in [0.25, 0.3) is 0 Å². The van der Waals surface area contributed by atoms with E-state index in [1.54, 1.807) is 10.9 Å². The molecule has 0 saturated carbocycles. The van der Waals surface area contributed by atoms with Crippen LogP contribution in [0, 0.1) is 13.8 Å². The Morgan fingerprint density at radius 1 is 0.647 bits per heavy atom. The van der Waals surface area contributed by atoms with E-state index in [1.165, 1.54) is 16.7 Å². The van der Waals surface area contributed by atoms with E-state index in [9.17, 15) is 0 Å². The minimum absolute atomic E-state index is 0.0996. The van der Waals surface area contributed by atoms with Crippen LogP contribution in [0.3, 0.4) is 0 Å². The molecule has 0 radical (unpaired) electrons. The van der Waals surface area contributed by atoms with E-state index in [-0.39, 0.29) is 30.4 Å². The van der Waals surface area contributed by atoms with Crippen LogP contribution >= 0.6 is 39.1 Å². The lowest BCUT2D eigenvalue weighted by Gasteiger charge is -2.32. The molecule has 0 spiro atoms. The van der Waals surface area contributed by atoms with E-state index in [0.717, 1.165) is 96.8 Å². The molecular weight excluding hydrogens is 962 g/mol. The minimum atomic E-state index is -0.302. The van der Waals surface area contributed by atoms with Crippen LogP contribution in [-0.2, 0) is 36.5 Å². The minimum Gasteiger partial charge on any atom is -0.399 e. The van der Waals surface area contributed by atoms with Gasteiger partial charge in [-0.1, -0.05) is 92.0 Å². The van der Waals surface area contributed by atoms with Crippen LogP contribution in [0.4, 0.5) is 11.4 Å². The zero-order chi connectivity index (χ0) is 47.9. The number of hydrogen-bond acceptors (Lipinski definition) is 10. The second kappa shape index (κ2) is 19.3. The average Bonchev–Trinajstić information content (AvgIpc) is 4.12. The Labute approximate surface area is 415 Å². The number of nitrogens with zero attached hydrogens (tertiary/aromatic N) is 10. The molecule has 18 heteroatoms. The van der Waals surface area contributed by atoms with E-state index in [1.807, 2.05) is 137 Å². The molecule has 3 aliphatic heterocycles. The van der Waals surface area contributed by atoms with Crippen molar-refractivity contribution in [3.05, 3.63) is 147 Å². The van der Waals surface area contributed by atoms with Gasteiger partial charge >= 0.3 is 7.12 Å². The van der Waals surface area contributed by atoms with Crippen molar-refractivity contribution in [1.29, 1.82) is 0 Å². The number of rotatable bonds is 6. The van der Waals surface area contributed by atoms with Crippen LogP contribution in [0.2, 0.25) is 10.0 Å². The zero-order valence-corrected chi connectivity index (χ0v) is 42.5. The summed E-state index contributed by atoms with van der Waals surface area (Å²) in [5.41, 5.74) is 13.4. The fraction of sp³-hybridized carbons (Fsp3) is 0.320. The number of anilines is 2. The summed E-state index contributed by atoms with van der Waals surface area (Å²) < 4.78 is 20.4. The lowest BCUT2D eigenvalue weighted by atomic mass is 9.82. The molecule has 68 heavy (non-hydrogen) atoms. The third kappa shape index (κ3) is 9.75.